The fourth-order valence-corrected chi connectivity index (χ4v) is 3.26. The molecule has 0 aliphatic heterocycles. The van der Waals surface area contributed by atoms with E-state index in [4.69, 9.17) is 0 Å². The van der Waals surface area contributed by atoms with E-state index < -0.39 is 0 Å². The number of hydrogen-bond acceptors (Lipinski definition) is 3. The number of benzene rings is 2. The van der Waals surface area contributed by atoms with Crippen LogP contribution in [0, 0.1) is 5.82 Å². The summed E-state index contributed by atoms with van der Waals surface area (Å²) < 4.78 is 15.3. The normalized spacial score (nSPS) is 11.0. The summed E-state index contributed by atoms with van der Waals surface area (Å²) in [5.74, 6) is -0.372. The average Bonchev–Trinajstić information content (AvgIpc) is 2.68. The zero-order chi connectivity index (χ0) is 18.1. The molecule has 0 aliphatic rings. The lowest BCUT2D eigenvalue weighted by molar-refractivity contribution is 0.626. The number of pyridine rings is 1. The summed E-state index contributed by atoms with van der Waals surface area (Å²) in [5, 5.41) is 9.16. The number of aryl methyl sites for hydroxylation is 1. The van der Waals surface area contributed by atoms with Crippen molar-refractivity contribution in [2.75, 3.05) is 0 Å². The van der Waals surface area contributed by atoms with E-state index in [0.717, 1.165) is 22.2 Å². The van der Waals surface area contributed by atoms with Gasteiger partial charge in [0.05, 0.1) is 23.5 Å². The highest BCUT2D eigenvalue weighted by atomic mass is 19.1. The molecule has 0 saturated heterocycles. The van der Waals surface area contributed by atoms with Crippen molar-refractivity contribution in [2.24, 2.45) is 0 Å². The molecule has 5 heteroatoms. The van der Waals surface area contributed by atoms with Gasteiger partial charge < -0.3 is 0 Å². The lowest BCUT2D eigenvalue weighted by atomic mass is 10.00. The number of aromatic nitrogens is 3. The first-order chi connectivity index (χ1) is 12.7. The number of halogens is 1. The van der Waals surface area contributed by atoms with Gasteiger partial charge in [-0.1, -0.05) is 31.2 Å². The molecule has 0 spiro atoms. The molecule has 26 heavy (non-hydrogen) atoms. The number of rotatable bonds is 3. The molecule has 0 bridgehead atoms. The van der Waals surface area contributed by atoms with Crippen LogP contribution in [0.4, 0.5) is 4.39 Å². The largest absolute Gasteiger partial charge is 0.281 e. The zero-order valence-corrected chi connectivity index (χ0v) is 14.2. The Kier molecular flexibility index (Phi) is 4.05. The van der Waals surface area contributed by atoms with Crippen LogP contribution >= 0.6 is 0 Å². The standard InChI is InChI=1S/C21H16FN3O/c1-2-17-11-14-5-3-8-19(15-9-10-23-24-13-15)20(14)21(26)25(17)18-7-4-6-16(22)12-18/h3-13H,2H2,1H3. The van der Waals surface area contributed by atoms with Crippen LogP contribution in [0.1, 0.15) is 12.6 Å². The lowest BCUT2D eigenvalue weighted by Gasteiger charge is -2.15. The highest BCUT2D eigenvalue weighted by Crippen LogP contribution is 2.27. The van der Waals surface area contributed by atoms with Gasteiger partial charge in [-0.3, -0.25) is 9.36 Å². The molecule has 4 aromatic rings. The molecular weight excluding hydrogens is 329 g/mol. The van der Waals surface area contributed by atoms with Gasteiger partial charge in [0.25, 0.3) is 5.56 Å². The monoisotopic (exact) mass is 345 g/mol. The van der Waals surface area contributed by atoms with Crippen LogP contribution < -0.4 is 5.56 Å². The van der Waals surface area contributed by atoms with E-state index in [1.807, 2.05) is 37.3 Å². The Morgan fingerprint density at radius 3 is 2.62 bits per heavy atom. The Morgan fingerprint density at radius 1 is 1.04 bits per heavy atom. The van der Waals surface area contributed by atoms with Gasteiger partial charge >= 0.3 is 0 Å². The van der Waals surface area contributed by atoms with E-state index in [1.165, 1.54) is 12.1 Å². The predicted molar refractivity (Wildman–Crippen MR) is 99.9 cm³/mol. The SMILES string of the molecule is CCc1cc2cccc(-c3ccnnc3)c2c(=O)n1-c1cccc(F)c1. The molecular formula is C21H16FN3O. The van der Waals surface area contributed by atoms with Crippen molar-refractivity contribution in [1.29, 1.82) is 0 Å². The summed E-state index contributed by atoms with van der Waals surface area (Å²) in [4.78, 5) is 13.4. The van der Waals surface area contributed by atoms with E-state index in [2.05, 4.69) is 10.2 Å². The molecule has 0 unspecified atom stereocenters. The summed E-state index contributed by atoms with van der Waals surface area (Å²) in [6.07, 6.45) is 3.89. The summed E-state index contributed by atoms with van der Waals surface area (Å²) in [7, 11) is 0. The van der Waals surface area contributed by atoms with Crippen molar-refractivity contribution in [2.45, 2.75) is 13.3 Å². The van der Waals surface area contributed by atoms with Crippen LogP contribution in [0.15, 0.2) is 71.8 Å². The van der Waals surface area contributed by atoms with Crippen LogP contribution in [0.2, 0.25) is 0 Å². The van der Waals surface area contributed by atoms with Gasteiger partial charge in [-0.2, -0.15) is 10.2 Å². The van der Waals surface area contributed by atoms with Gasteiger partial charge in [0.15, 0.2) is 0 Å². The molecule has 0 fully saturated rings. The van der Waals surface area contributed by atoms with Crippen molar-refractivity contribution < 1.29 is 4.39 Å². The van der Waals surface area contributed by atoms with Crippen molar-refractivity contribution >= 4 is 10.8 Å². The first-order valence-corrected chi connectivity index (χ1v) is 8.39. The first-order valence-electron chi connectivity index (χ1n) is 8.39. The van der Waals surface area contributed by atoms with Crippen molar-refractivity contribution in [3.05, 3.63) is 88.9 Å². The molecule has 4 nitrogen and oxygen atoms in total. The fourth-order valence-electron chi connectivity index (χ4n) is 3.26. The Balaban J connectivity index is 2.10. The van der Waals surface area contributed by atoms with E-state index in [0.29, 0.717) is 17.5 Å². The van der Waals surface area contributed by atoms with Gasteiger partial charge in [-0.15, -0.1) is 0 Å². The first kappa shape index (κ1) is 16.1. The van der Waals surface area contributed by atoms with Gasteiger partial charge in [0.1, 0.15) is 5.82 Å². The second-order valence-corrected chi connectivity index (χ2v) is 6.01. The Bertz CT molecular complexity index is 1150. The molecule has 0 N–H and O–H groups in total. The minimum Gasteiger partial charge on any atom is -0.281 e. The van der Waals surface area contributed by atoms with Gasteiger partial charge in [-0.25, -0.2) is 4.39 Å². The maximum absolute atomic E-state index is 13.7. The molecule has 0 amide bonds. The second-order valence-electron chi connectivity index (χ2n) is 6.01. The third-order valence-electron chi connectivity index (χ3n) is 4.45. The number of hydrogen-bond donors (Lipinski definition) is 0. The van der Waals surface area contributed by atoms with Gasteiger partial charge in [0.2, 0.25) is 0 Å². The molecule has 2 heterocycles. The number of nitrogens with zero attached hydrogens (tertiary/aromatic N) is 3. The van der Waals surface area contributed by atoms with Crippen LogP contribution in [0.3, 0.4) is 0 Å². The molecule has 2 aromatic carbocycles. The Morgan fingerprint density at radius 2 is 1.88 bits per heavy atom. The summed E-state index contributed by atoms with van der Waals surface area (Å²) >= 11 is 0. The van der Waals surface area contributed by atoms with Gasteiger partial charge in [0, 0.05) is 11.3 Å². The van der Waals surface area contributed by atoms with Crippen LogP contribution in [-0.4, -0.2) is 14.8 Å². The average molecular weight is 345 g/mol. The molecule has 128 valence electrons. The summed E-state index contributed by atoms with van der Waals surface area (Å²) in [6, 6.07) is 15.6. The zero-order valence-electron chi connectivity index (χ0n) is 14.2. The number of fused-ring (bicyclic) bond motifs is 1. The molecule has 0 saturated carbocycles. The van der Waals surface area contributed by atoms with Crippen molar-refractivity contribution in [3.63, 3.8) is 0 Å². The maximum Gasteiger partial charge on any atom is 0.263 e. The lowest BCUT2D eigenvalue weighted by Crippen LogP contribution is -2.22. The summed E-state index contributed by atoms with van der Waals surface area (Å²) in [6.45, 7) is 1.98. The quantitative estimate of drug-likeness (QED) is 0.560. The van der Waals surface area contributed by atoms with Crippen LogP contribution in [-0.2, 0) is 6.42 Å². The third-order valence-corrected chi connectivity index (χ3v) is 4.45. The fraction of sp³-hybridized carbons (Fsp3) is 0.0952. The molecule has 0 atom stereocenters. The van der Waals surface area contributed by atoms with Crippen LogP contribution in [0.25, 0.3) is 27.6 Å². The van der Waals surface area contributed by atoms with E-state index in [-0.39, 0.29) is 11.4 Å². The maximum atomic E-state index is 13.7. The van der Waals surface area contributed by atoms with Crippen molar-refractivity contribution in [1.82, 2.24) is 14.8 Å². The van der Waals surface area contributed by atoms with E-state index >= 15 is 0 Å². The topological polar surface area (TPSA) is 47.8 Å². The molecule has 4 rings (SSSR count). The second kappa shape index (κ2) is 6.52. The molecule has 2 aromatic heterocycles. The predicted octanol–water partition coefficient (Wildman–Crippen LogP) is 4.15. The van der Waals surface area contributed by atoms with Gasteiger partial charge in [-0.05, 0) is 47.7 Å². The summed E-state index contributed by atoms with van der Waals surface area (Å²) in [5.41, 5.74) is 2.79. The Hall–Kier alpha value is -3.34. The third kappa shape index (κ3) is 2.67. The molecule has 0 aliphatic carbocycles. The van der Waals surface area contributed by atoms with E-state index in [1.54, 1.807) is 29.1 Å². The minimum atomic E-state index is -0.372. The minimum absolute atomic E-state index is 0.169. The van der Waals surface area contributed by atoms with Crippen molar-refractivity contribution in [3.8, 4) is 16.8 Å². The highest BCUT2D eigenvalue weighted by molar-refractivity contribution is 5.96. The Labute approximate surface area is 149 Å². The van der Waals surface area contributed by atoms with E-state index in [9.17, 15) is 9.18 Å². The molecule has 0 radical (unpaired) electrons. The highest BCUT2D eigenvalue weighted by Gasteiger charge is 2.14. The van der Waals surface area contributed by atoms with Crippen LogP contribution in [0.5, 0.6) is 0 Å². The smallest absolute Gasteiger partial charge is 0.263 e.